The molecule has 0 bridgehead atoms. The highest BCUT2D eigenvalue weighted by Gasteiger charge is 2.40. The van der Waals surface area contributed by atoms with Crippen molar-refractivity contribution in [2.24, 2.45) is 11.7 Å². The zero-order chi connectivity index (χ0) is 9.90. The molecule has 1 rings (SSSR count). The number of hydrogen-bond acceptors (Lipinski definition) is 3. The van der Waals surface area contributed by atoms with E-state index in [2.05, 4.69) is 18.7 Å². The SMILES string of the molecule is CCC(CN)C1(O)CCN(CC)C1. The highest BCUT2D eigenvalue weighted by molar-refractivity contribution is 4.94. The zero-order valence-corrected chi connectivity index (χ0v) is 8.79. The fourth-order valence-corrected chi connectivity index (χ4v) is 2.27. The smallest absolute Gasteiger partial charge is 0.0826 e. The summed E-state index contributed by atoms with van der Waals surface area (Å²) in [4.78, 5) is 2.29. The van der Waals surface area contributed by atoms with E-state index < -0.39 is 5.60 Å². The number of rotatable bonds is 4. The van der Waals surface area contributed by atoms with Gasteiger partial charge in [0.25, 0.3) is 0 Å². The first-order valence-corrected chi connectivity index (χ1v) is 5.31. The number of hydrogen-bond donors (Lipinski definition) is 2. The van der Waals surface area contributed by atoms with Crippen molar-refractivity contribution in [2.75, 3.05) is 26.2 Å². The van der Waals surface area contributed by atoms with E-state index in [9.17, 15) is 5.11 Å². The van der Waals surface area contributed by atoms with Crippen LogP contribution in [0.2, 0.25) is 0 Å². The number of likely N-dealkylation sites (tertiary alicyclic amines) is 1. The topological polar surface area (TPSA) is 49.5 Å². The Bertz CT molecular complexity index is 159. The Balaban J connectivity index is 2.56. The molecule has 1 aliphatic rings. The summed E-state index contributed by atoms with van der Waals surface area (Å²) in [5.41, 5.74) is 5.14. The first kappa shape index (κ1) is 11.0. The lowest BCUT2D eigenvalue weighted by Crippen LogP contribution is -2.44. The fourth-order valence-electron chi connectivity index (χ4n) is 2.27. The van der Waals surface area contributed by atoms with Crippen LogP contribution in [0, 0.1) is 5.92 Å². The lowest BCUT2D eigenvalue weighted by atomic mass is 9.85. The molecule has 2 unspecified atom stereocenters. The van der Waals surface area contributed by atoms with E-state index in [-0.39, 0.29) is 5.92 Å². The van der Waals surface area contributed by atoms with Crippen LogP contribution in [0.4, 0.5) is 0 Å². The molecule has 0 spiro atoms. The molecule has 0 amide bonds. The van der Waals surface area contributed by atoms with Crippen molar-refractivity contribution in [3.05, 3.63) is 0 Å². The molecule has 1 aliphatic heterocycles. The van der Waals surface area contributed by atoms with E-state index in [0.717, 1.165) is 32.5 Å². The van der Waals surface area contributed by atoms with E-state index in [1.165, 1.54) is 0 Å². The molecule has 1 fully saturated rings. The lowest BCUT2D eigenvalue weighted by molar-refractivity contribution is -0.00682. The second-order valence-electron chi connectivity index (χ2n) is 4.06. The molecule has 0 aromatic carbocycles. The highest BCUT2D eigenvalue weighted by atomic mass is 16.3. The third-order valence-corrected chi connectivity index (χ3v) is 3.34. The maximum Gasteiger partial charge on any atom is 0.0826 e. The molecule has 3 heteroatoms. The van der Waals surface area contributed by atoms with Crippen molar-refractivity contribution < 1.29 is 5.11 Å². The van der Waals surface area contributed by atoms with Crippen molar-refractivity contribution in [3.8, 4) is 0 Å². The number of β-amino-alcohol motifs (C(OH)–C–C–N with tert-alkyl or cyclic N) is 1. The number of likely N-dealkylation sites (N-methyl/N-ethyl adjacent to an activating group) is 1. The quantitative estimate of drug-likeness (QED) is 0.669. The minimum absolute atomic E-state index is 0.268. The fraction of sp³-hybridized carbons (Fsp3) is 1.00. The number of aliphatic hydroxyl groups is 1. The molecule has 78 valence electrons. The Morgan fingerprint density at radius 1 is 1.54 bits per heavy atom. The second-order valence-corrected chi connectivity index (χ2v) is 4.06. The van der Waals surface area contributed by atoms with Gasteiger partial charge in [-0.1, -0.05) is 13.8 Å². The summed E-state index contributed by atoms with van der Waals surface area (Å²) in [6.07, 6.45) is 1.86. The highest BCUT2D eigenvalue weighted by Crippen LogP contribution is 2.30. The third kappa shape index (κ3) is 2.22. The van der Waals surface area contributed by atoms with Gasteiger partial charge in [-0.2, -0.15) is 0 Å². The first-order valence-electron chi connectivity index (χ1n) is 5.31. The van der Waals surface area contributed by atoms with Crippen molar-refractivity contribution in [3.63, 3.8) is 0 Å². The Morgan fingerprint density at radius 2 is 2.23 bits per heavy atom. The van der Waals surface area contributed by atoms with Gasteiger partial charge in [-0.15, -0.1) is 0 Å². The maximum absolute atomic E-state index is 10.3. The van der Waals surface area contributed by atoms with Crippen LogP contribution in [0.25, 0.3) is 0 Å². The van der Waals surface area contributed by atoms with Crippen molar-refractivity contribution in [1.82, 2.24) is 4.90 Å². The minimum atomic E-state index is -0.514. The van der Waals surface area contributed by atoms with Crippen LogP contribution in [0.1, 0.15) is 26.7 Å². The van der Waals surface area contributed by atoms with Crippen molar-refractivity contribution >= 4 is 0 Å². The van der Waals surface area contributed by atoms with E-state index in [1.54, 1.807) is 0 Å². The lowest BCUT2D eigenvalue weighted by Gasteiger charge is -2.31. The molecule has 0 radical (unpaired) electrons. The first-order chi connectivity index (χ1) is 6.16. The predicted octanol–water partition coefficient (Wildman–Crippen LogP) is 0.428. The van der Waals surface area contributed by atoms with Crippen molar-refractivity contribution in [1.29, 1.82) is 0 Å². The third-order valence-electron chi connectivity index (χ3n) is 3.34. The van der Waals surface area contributed by atoms with Gasteiger partial charge in [-0.05, 0) is 25.9 Å². The summed E-state index contributed by atoms with van der Waals surface area (Å²) in [5, 5.41) is 10.3. The largest absolute Gasteiger partial charge is 0.388 e. The van der Waals surface area contributed by atoms with Gasteiger partial charge in [-0.3, -0.25) is 0 Å². The number of nitrogens with zero attached hydrogens (tertiary/aromatic N) is 1. The Kier molecular flexibility index (Phi) is 3.71. The normalized spacial score (nSPS) is 32.3. The average molecular weight is 186 g/mol. The van der Waals surface area contributed by atoms with Crippen LogP contribution in [0.3, 0.4) is 0 Å². The van der Waals surface area contributed by atoms with Gasteiger partial charge >= 0.3 is 0 Å². The summed E-state index contributed by atoms with van der Waals surface area (Å²) in [6, 6.07) is 0. The Labute approximate surface area is 80.9 Å². The van der Waals surface area contributed by atoms with Crippen LogP contribution in [0.5, 0.6) is 0 Å². The summed E-state index contributed by atoms with van der Waals surface area (Å²) in [7, 11) is 0. The molecule has 3 nitrogen and oxygen atoms in total. The van der Waals surface area contributed by atoms with E-state index >= 15 is 0 Å². The Hall–Kier alpha value is -0.120. The van der Waals surface area contributed by atoms with Gasteiger partial charge in [0.15, 0.2) is 0 Å². The van der Waals surface area contributed by atoms with Gasteiger partial charge in [0.1, 0.15) is 0 Å². The summed E-state index contributed by atoms with van der Waals surface area (Å²) >= 11 is 0. The predicted molar refractivity (Wildman–Crippen MR) is 54.5 cm³/mol. The van der Waals surface area contributed by atoms with Gasteiger partial charge < -0.3 is 15.7 Å². The molecule has 0 aliphatic carbocycles. The molecule has 3 N–H and O–H groups in total. The van der Waals surface area contributed by atoms with Crippen LogP contribution in [-0.2, 0) is 0 Å². The van der Waals surface area contributed by atoms with Gasteiger partial charge in [0, 0.05) is 19.0 Å². The van der Waals surface area contributed by atoms with Crippen LogP contribution >= 0.6 is 0 Å². The molecule has 0 saturated carbocycles. The molecule has 2 atom stereocenters. The van der Waals surface area contributed by atoms with E-state index in [4.69, 9.17) is 5.73 Å². The van der Waals surface area contributed by atoms with Crippen LogP contribution < -0.4 is 5.73 Å². The Morgan fingerprint density at radius 3 is 2.62 bits per heavy atom. The zero-order valence-electron chi connectivity index (χ0n) is 8.79. The molecule has 1 heterocycles. The second kappa shape index (κ2) is 4.40. The summed E-state index contributed by atoms with van der Waals surface area (Å²) < 4.78 is 0. The summed E-state index contributed by atoms with van der Waals surface area (Å²) in [5.74, 6) is 0.268. The molecule has 1 saturated heterocycles. The van der Waals surface area contributed by atoms with Gasteiger partial charge in [-0.25, -0.2) is 0 Å². The maximum atomic E-state index is 10.3. The van der Waals surface area contributed by atoms with E-state index in [0.29, 0.717) is 6.54 Å². The van der Waals surface area contributed by atoms with Crippen LogP contribution in [0.15, 0.2) is 0 Å². The monoisotopic (exact) mass is 186 g/mol. The summed E-state index contributed by atoms with van der Waals surface area (Å²) in [6.45, 7) is 7.69. The minimum Gasteiger partial charge on any atom is -0.388 e. The molecule has 0 aromatic heterocycles. The molecule has 0 aromatic rings. The molecular weight excluding hydrogens is 164 g/mol. The average Bonchev–Trinajstić information content (AvgIpc) is 2.50. The van der Waals surface area contributed by atoms with E-state index in [1.807, 2.05) is 0 Å². The number of nitrogens with two attached hydrogens (primary N) is 1. The molecular formula is C10H22N2O. The molecule has 13 heavy (non-hydrogen) atoms. The van der Waals surface area contributed by atoms with Crippen LogP contribution in [-0.4, -0.2) is 41.8 Å². The standard InChI is InChI=1S/C10H22N2O/c1-3-9(7-11)10(13)5-6-12(4-2)8-10/h9,13H,3-8,11H2,1-2H3. The van der Waals surface area contributed by atoms with Gasteiger partial charge in [0.05, 0.1) is 5.60 Å². The van der Waals surface area contributed by atoms with Crippen molar-refractivity contribution in [2.45, 2.75) is 32.3 Å². The van der Waals surface area contributed by atoms with Gasteiger partial charge in [0.2, 0.25) is 0 Å².